The SMILES string of the molecule is CC1(C)SC2C(NC(=S)NC(N)=S)C(=O)N2C1C(=O)[O-]. The largest absolute Gasteiger partial charge is 0.548 e. The van der Waals surface area contributed by atoms with Crippen LogP contribution in [0.15, 0.2) is 0 Å². The molecular formula is C10H13N4O3S3-. The van der Waals surface area contributed by atoms with Crippen molar-refractivity contribution in [2.75, 3.05) is 0 Å². The number of aliphatic carboxylic acids is 1. The van der Waals surface area contributed by atoms with Gasteiger partial charge < -0.3 is 31.2 Å². The van der Waals surface area contributed by atoms with Crippen LogP contribution >= 0.6 is 36.2 Å². The van der Waals surface area contributed by atoms with Crippen LogP contribution in [0.5, 0.6) is 0 Å². The molecule has 3 unspecified atom stereocenters. The van der Waals surface area contributed by atoms with E-state index in [-0.39, 0.29) is 21.5 Å². The molecule has 2 heterocycles. The molecule has 0 aromatic rings. The zero-order valence-corrected chi connectivity index (χ0v) is 13.2. The van der Waals surface area contributed by atoms with E-state index < -0.39 is 22.8 Å². The molecule has 0 saturated carbocycles. The van der Waals surface area contributed by atoms with Crippen molar-refractivity contribution in [3.8, 4) is 0 Å². The minimum atomic E-state index is -1.25. The smallest absolute Gasteiger partial charge is 0.249 e. The fourth-order valence-corrected chi connectivity index (χ4v) is 4.44. The van der Waals surface area contributed by atoms with E-state index in [2.05, 4.69) is 22.9 Å². The van der Waals surface area contributed by atoms with Gasteiger partial charge >= 0.3 is 0 Å². The van der Waals surface area contributed by atoms with Crippen molar-refractivity contribution >= 4 is 58.3 Å². The fraction of sp³-hybridized carbons (Fsp3) is 0.600. The van der Waals surface area contributed by atoms with Gasteiger partial charge in [0.15, 0.2) is 10.2 Å². The number of nitrogens with two attached hydrogens (primary N) is 1. The first-order chi connectivity index (χ1) is 9.15. The quantitative estimate of drug-likeness (QED) is 0.386. The fourth-order valence-electron chi connectivity index (χ4n) is 2.42. The van der Waals surface area contributed by atoms with Crippen LogP contribution in [0.1, 0.15) is 13.8 Å². The van der Waals surface area contributed by atoms with Gasteiger partial charge in [0, 0.05) is 4.75 Å². The Morgan fingerprint density at radius 2 is 2.10 bits per heavy atom. The first kappa shape index (κ1) is 15.3. The van der Waals surface area contributed by atoms with Crippen molar-refractivity contribution in [1.29, 1.82) is 0 Å². The van der Waals surface area contributed by atoms with Crippen LogP contribution in [-0.2, 0) is 9.59 Å². The lowest BCUT2D eigenvalue weighted by molar-refractivity contribution is -0.312. The highest BCUT2D eigenvalue weighted by Crippen LogP contribution is 2.50. The number of hydrogen-bond donors (Lipinski definition) is 3. The summed E-state index contributed by atoms with van der Waals surface area (Å²) in [5, 5.41) is 16.4. The maximum atomic E-state index is 12.1. The number of amides is 1. The number of nitrogens with zero attached hydrogens (tertiary/aromatic N) is 1. The summed E-state index contributed by atoms with van der Waals surface area (Å²) in [4.78, 5) is 24.6. The van der Waals surface area contributed by atoms with E-state index in [4.69, 9.17) is 18.0 Å². The molecule has 2 saturated heterocycles. The average Bonchev–Trinajstić information content (AvgIpc) is 2.54. The van der Waals surface area contributed by atoms with Gasteiger partial charge in [-0.2, -0.15) is 0 Å². The van der Waals surface area contributed by atoms with Crippen LogP contribution in [0, 0.1) is 0 Å². The lowest BCUT2D eigenvalue weighted by Gasteiger charge is -2.45. The summed E-state index contributed by atoms with van der Waals surface area (Å²) in [6, 6.07) is -1.53. The second-order valence-electron chi connectivity index (χ2n) is 5.02. The van der Waals surface area contributed by atoms with Crippen LogP contribution in [-0.4, -0.2) is 49.2 Å². The third-order valence-corrected chi connectivity index (χ3v) is 5.08. The number of thiocarbonyl (C=S) groups is 2. The van der Waals surface area contributed by atoms with Crippen LogP contribution in [0.4, 0.5) is 0 Å². The predicted octanol–water partition coefficient (Wildman–Crippen LogP) is -2.13. The molecule has 0 radical (unpaired) electrons. The van der Waals surface area contributed by atoms with Gasteiger partial charge in [-0.15, -0.1) is 11.8 Å². The first-order valence-electron chi connectivity index (χ1n) is 5.73. The molecule has 10 heteroatoms. The monoisotopic (exact) mass is 333 g/mol. The molecule has 110 valence electrons. The van der Waals surface area contributed by atoms with Crippen molar-refractivity contribution < 1.29 is 14.7 Å². The van der Waals surface area contributed by atoms with Gasteiger partial charge in [0.25, 0.3) is 0 Å². The Balaban J connectivity index is 2.09. The molecule has 20 heavy (non-hydrogen) atoms. The van der Waals surface area contributed by atoms with Gasteiger partial charge in [-0.1, -0.05) is 0 Å². The molecular weight excluding hydrogens is 320 g/mol. The third-order valence-electron chi connectivity index (χ3n) is 3.19. The molecule has 0 aliphatic carbocycles. The molecule has 0 spiro atoms. The van der Waals surface area contributed by atoms with Crippen molar-refractivity contribution in [3.63, 3.8) is 0 Å². The Morgan fingerprint density at radius 1 is 1.50 bits per heavy atom. The Bertz CT molecular complexity index is 510. The van der Waals surface area contributed by atoms with Crippen LogP contribution in [0.2, 0.25) is 0 Å². The molecule has 4 N–H and O–H groups in total. The summed E-state index contributed by atoms with van der Waals surface area (Å²) in [5.41, 5.74) is 5.28. The summed E-state index contributed by atoms with van der Waals surface area (Å²) in [6.07, 6.45) is 0. The number of carboxylic acids is 1. The van der Waals surface area contributed by atoms with E-state index in [1.807, 2.05) is 0 Å². The van der Waals surface area contributed by atoms with E-state index in [1.165, 1.54) is 16.7 Å². The summed E-state index contributed by atoms with van der Waals surface area (Å²) in [6.45, 7) is 3.54. The third kappa shape index (κ3) is 2.42. The Morgan fingerprint density at radius 3 is 2.60 bits per heavy atom. The second kappa shape index (κ2) is 5.01. The molecule has 0 bridgehead atoms. The van der Waals surface area contributed by atoms with Crippen LogP contribution in [0.25, 0.3) is 0 Å². The maximum Gasteiger partial charge on any atom is 0.249 e. The van der Waals surface area contributed by atoms with Gasteiger partial charge in [-0.3, -0.25) is 4.79 Å². The standard InChI is InChI=1S/C10H14N4O3S3/c1-10(2)4(7(16)17)14-5(15)3(6(14)20-10)12-9(19)13-8(11)18/h3-4,6H,1-2H3,(H,16,17)(H4,11,12,13,18,19)/p-1. The highest BCUT2D eigenvalue weighted by molar-refractivity contribution is 8.01. The number of thioether (sulfide) groups is 1. The highest BCUT2D eigenvalue weighted by atomic mass is 32.2. The molecule has 1 amide bonds. The Kier molecular flexibility index (Phi) is 3.82. The number of fused-ring (bicyclic) bond motifs is 1. The van der Waals surface area contributed by atoms with Gasteiger partial charge in [0.05, 0.1) is 12.0 Å². The minimum Gasteiger partial charge on any atom is -0.548 e. The number of rotatable bonds is 2. The number of hydrogen-bond acceptors (Lipinski definition) is 6. The Hall–Kier alpha value is -1.13. The molecule has 2 rings (SSSR count). The molecule has 7 nitrogen and oxygen atoms in total. The highest BCUT2D eigenvalue weighted by Gasteiger charge is 2.62. The molecule has 2 aliphatic rings. The van der Waals surface area contributed by atoms with Crippen molar-refractivity contribution in [2.45, 2.75) is 36.1 Å². The Labute approximate surface area is 130 Å². The van der Waals surface area contributed by atoms with Gasteiger partial charge in [-0.05, 0) is 38.3 Å². The first-order valence-corrected chi connectivity index (χ1v) is 7.42. The van der Waals surface area contributed by atoms with E-state index in [0.717, 1.165) is 0 Å². The zero-order chi connectivity index (χ0) is 15.2. The molecule has 2 fully saturated rings. The topological polar surface area (TPSA) is 111 Å². The predicted molar refractivity (Wildman–Crippen MR) is 80.5 cm³/mol. The average molecular weight is 333 g/mol. The van der Waals surface area contributed by atoms with Crippen LogP contribution < -0.4 is 21.5 Å². The van der Waals surface area contributed by atoms with Crippen LogP contribution in [0.3, 0.4) is 0 Å². The van der Waals surface area contributed by atoms with Crippen molar-refractivity contribution in [1.82, 2.24) is 15.5 Å². The van der Waals surface area contributed by atoms with E-state index in [1.54, 1.807) is 13.8 Å². The summed E-state index contributed by atoms with van der Waals surface area (Å²) < 4.78 is -0.617. The van der Waals surface area contributed by atoms with E-state index >= 15 is 0 Å². The summed E-state index contributed by atoms with van der Waals surface area (Å²) >= 11 is 11.0. The maximum absolute atomic E-state index is 12.1. The molecule has 0 aromatic carbocycles. The molecule has 2 aliphatic heterocycles. The zero-order valence-electron chi connectivity index (χ0n) is 10.7. The van der Waals surface area contributed by atoms with Crippen molar-refractivity contribution in [3.05, 3.63) is 0 Å². The van der Waals surface area contributed by atoms with Gasteiger partial charge in [0.2, 0.25) is 5.91 Å². The summed E-state index contributed by atoms with van der Waals surface area (Å²) in [7, 11) is 0. The molecule has 3 atom stereocenters. The normalized spacial score (nSPS) is 30.2. The van der Waals surface area contributed by atoms with Crippen molar-refractivity contribution in [2.24, 2.45) is 5.73 Å². The van der Waals surface area contributed by atoms with Gasteiger partial charge in [0.1, 0.15) is 11.4 Å². The number of β-lactam (4-membered cyclic amide) rings is 1. The van der Waals surface area contributed by atoms with E-state index in [0.29, 0.717) is 0 Å². The number of carboxylic acid groups (broad SMARTS) is 1. The lowest BCUT2D eigenvalue weighted by Crippen LogP contribution is -2.72. The number of carbonyl (C=O) groups excluding carboxylic acids is 2. The number of carbonyl (C=O) groups is 2. The summed E-state index contributed by atoms with van der Waals surface area (Å²) in [5.74, 6) is -1.57. The second-order valence-corrected chi connectivity index (χ2v) is 7.64. The van der Waals surface area contributed by atoms with Gasteiger partial charge in [-0.25, -0.2) is 0 Å². The number of nitrogens with one attached hydrogen (secondary N) is 2. The lowest BCUT2D eigenvalue weighted by atomic mass is 9.96. The minimum absolute atomic E-state index is 0.00172. The molecule has 0 aromatic heterocycles. The van der Waals surface area contributed by atoms with E-state index in [9.17, 15) is 14.7 Å².